The van der Waals surface area contributed by atoms with Crippen LogP contribution in [0.5, 0.6) is 0 Å². The molecule has 7 heteroatoms. The number of rotatable bonds is 6. The number of carboxylic acids is 1. The number of carbonyl (C=O) groups excluding carboxylic acids is 1. The van der Waals surface area contributed by atoms with Crippen LogP contribution in [0.25, 0.3) is 0 Å². The molecule has 0 aromatic carbocycles. The molecule has 2 unspecified atom stereocenters. The van der Waals surface area contributed by atoms with Crippen molar-refractivity contribution in [1.29, 1.82) is 0 Å². The van der Waals surface area contributed by atoms with E-state index in [2.05, 4.69) is 10.2 Å². The predicted octanol–water partition coefficient (Wildman–Crippen LogP) is 1.24. The number of nitrogens with zero attached hydrogens (tertiary/aromatic N) is 2. The SMILES string of the molecule is CC(C)NC(=O)N1CCC(CC(=O)O)C(CCN2CCOCC2)C1. The molecule has 0 aromatic heterocycles. The van der Waals surface area contributed by atoms with Crippen molar-refractivity contribution in [3.63, 3.8) is 0 Å². The summed E-state index contributed by atoms with van der Waals surface area (Å²) in [5.74, 6) is -0.335. The van der Waals surface area contributed by atoms with Gasteiger partial charge in [-0.3, -0.25) is 9.69 Å². The van der Waals surface area contributed by atoms with Crippen molar-refractivity contribution in [3.05, 3.63) is 0 Å². The van der Waals surface area contributed by atoms with Gasteiger partial charge in [0.2, 0.25) is 0 Å². The molecule has 2 amide bonds. The summed E-state index contributed by atoms with van der Waals surface area (Å²) in [5, 5.41) is 12.1. The summed E-state index contributed by atoms with van der Waals surface area (Å²) in [6, 6.07) is 0.0798. The van der Waals surface area contributed by atoms with Crippen LogP contribution in [0.4, 0.5) is 4.79 Å². The van der Waals surface area contributed by atoms with Crippen LogP contribution < -0.4 is 5.32 Å². The molecule has 7 nitrogen and oxygen atoms in total. The van der Waals surface area contributed by atoms with Crippen molar-refractivity contribution in [3.8, 4) is 0 Å². The largest absolute Gasteiger partial charge is 0.481 e. The molecule has 2 saturated heterocycles. The number of morpholine rings is 1. The van der Waals surface area contributed by atoms with Gasteiger partial charge in [0.25, 0.3) is 0 Å². The molecule has 2 fully saturated rings. The maximum Gasteiger partial charge on any atom is 0.317 e. The molecule has 2 heterocycles. The number of carboxylic acid groups (broad SMARTS) is 1. The highest BCUT2D eigenvalue weighted by Gasteiger charge is 2.33. The third kappa shape index (κ3) is 5.94. The molecule has 2 aliphatic rings. The predicted molar refractivity (Wildman–Crippen MR) is 91.0 cm³/mol. The van der Waals surface area contributed by atoms with Crippen LogP contribution in [0, 0.1) is 11.8 Å². The number of nitrogens with one attached hydrogen (secondary N) is 1. The molecule has 0 aromatic rings. The monoisotopic (exact) mass is 341 g/mol. The average Bonchev–Trinajstić information content (AvgIpc) is 2.53. The molecular weight excluding hydrogens is 310 g/mol. The second kappa shape index (κ2) is 9.22. The van der Waals surface area contributed by atoms with Crippen LogP contribution in [0.3, 0.4) is 0 Å². The maximum atomic E-state index is 12.3. The first-order valence-corrected chi connectivity index (χ1v) is 9.03. The first-order valence-electron chi connectivity index (χ1n) is 9.03. The van der Waals surface area contributed by atoms with Gasteiger partial charge in [-0.05, 0) is 45.1 Å². The molecule has 0 aliphatic carbocycles. The molecule has 138 valence electrons. The van der Waals surface area contributed by atoms with Crippen molar-refractivity contribution in [2.24, 2.45) is 11.8 Å². The van der Waals surface area contributed by atoms with Crippen LogP contribution in [-0.4, -0.2) is 78.9 Å². The van der Waals surface area contributed by atoms with Crippen LogP contribution in [0.15, 0.2) is 0 Å². The van der Waals surface area contributed by atoms with E-state index in [1.165, 1.54) is 0 Å². The van der Waals surface area contributed by atoms with Crippen molar-refractivity contribution >= 4 is 12.0 Å². The fourth-order valence-electron chi connectivity index (χ4n) is 3.60. The number of amides is 2. The third-order valence-corrected chi connectivity index (χ3v) is 4.95. The van der Waals surface area contributed by atoms with E-state index in [0.29, 0.717) is 13.1 Å². The summed E-state index contributed by atoms with van der Waals surface area (Å²) in [5.41, 5.74) is 0. The van der Waals surface area contributed by atoms with Crippen molar-refractivity contribution < 1.29 is 19.4 Å². The Morgan fingerprint density at radius 2 is 1.92 bits per heavy atom. The van der Waals surface area contributed by atoms with Crippen LogP contribution >= 0.6 is 0 Å². The number of carbonyl (C=O) groups is 2. The van der Waals surface area contributed by atoms with Gasteiger partial charge in [0.05, 0.1) is 13.2 Å². The second-order valence-electron chi connectivity index (χ2n) is 7.20. The lowest BCUT2D eigenvalue weighted by molar-refractivity contribution is -0.139. The Hall–Kier alpha value is -1.34. The summed E-state index contributed by atoms with van der Waals surface area (Å²) in [6.07, 6.45) is 1.91. The van der Waals surface area contributed by atoms with E-state index in [-0.39, 0.29) is 30.3 Å². The fourth-order valence-corrected chi connectivity index (χ4v) is 3.60. The molecule has 2 rings (SSSR count). The lowest BCUT2D eigenvalue weighted by Gasteiger charge is -2.39. The fraction of sp³-hybridized carbons (Fsp3) is 0.882. The summed E-state index contributed by atoms with van der Waals surface area (Å²) in [7, 11) is 0. The van der Waals surface area contributed by atoms with Gasteiger partial charge in [-0.25, -0.2) is 4.79 Å². The maximum absolute atomic E-state index is 12.3. The Morgan fingerprint density at radius 3 is 2.54 bits per heavy atom. The van der Waals surface area contributed by atoms with E-state index >= 15 is 0 Å². The third-order valence-electron chi connectivity index (χ3n) is 4.95. The lowest BCUT2D eigenvalue weighted by atomic mass is 9.81. The van der Waals surface area contributed by atoms with Crippen LogP contribution in [0.1, 0.15) is 33.1 Å². The number of likely N-dealkylation sites (tertiary alicyclic amines) is 1. The zero-order valence-electron chi connectivity index (χ0n) is 14.9. The average molecular weight is 341 g/mol. The van der Waals surface area contributed by atoms with Gasteiger partial charge < -0.3 is 20.1 Å². The number of hydrogen-bond donors (Lipinski definition) is 2. The highest BCUT2D eigenvalue weighted by Crippen LogP contribution is 2.29. The smallest absolute Gasteiger partial charge is 0.317 e. The standard InChI is InChI=1S/C17H31N3O4/c1-13(2)18-17(23)20-6-4-14(11-16(21)22)15(12-20)3-5-19-7-9-24-10-8-19/h13-15H,3-12H2,1-2H3,(H,18,23)(H,21,22). The van der Waals surface area contributed by atoms with Crippen LogP contribution in [0.2, 0.25) is 0 Å². The van der Waals surface area contributed by atoms with Gasteiger partial charge in [-0.2, -0.15) is 0 Å². The van der Waals surface area contributed by atoms with Gasteiger partial charge in [-0.1, -0.05) is 0 Å². The summed E-state index contributed by atoms with van der Waals surface area (Å²) >= 11 is 0. The van der Waals surface area contributed by atoms with Gasteiger partial charge >= 0.3 is 12.0 Å². The zero-order valence-corrected chi connectivity index (χ0v) is 14.9. The van der Waals surface area contributed by atoms with Crippen molar-refractivity contribution in [2.75, 3.05) is 45.9 Å². The van der Waals surface area contributed by atoms with Gasteiger partial charge in [0.15, 0.2) is 0 Å². The van der Waals surface area contributed by atoms with Crippen molar-refractivity contribution in [2.45, 2.75) is 39.2 Å². The van der Waals surface area contributed by atoms with E-state index in [9.17, 15) is 14.7 Å². The molecule has 0 bridgehead atoms. The highest BCUT2D eigenvalue weighted by atomic mass is 16.5. The quantitative estimate of drug-likeness (QED) is 0.760. The minimum absolute atomic E-state index is 0.0323. The highest BCUT2D eigenvalue weighted by molar-refractivity contribution is 5.74. The summed E-state index contributed by atoms with van der Waals surface area (Å²) < 4.78 is 5.37. The van der Waals surface area contributed by atoms with E-state index in [4.69, 9.17) is 4.74 Å². The van der Waals surface area contributed by atoms with E-state index in [1.54, 1.807) is 0 Å². The Bertz CT molecular complexity index is 424. The molecular formula is C17H31N3O4. The Balaban J connectivity index is 1.91. The summed E-state index contributed by atoms with van der Waals surface area (Å²) in [6.45, 7) is 9.56. The lowest BCUT2D eigenvalue weighted by Crippen LogP contribution is -2.50. The molecule has 0 saturated carbocycles. The first-order chi connectivity index (χ1) is 11.5. The number of ether oxygens (including phenoxy) is 1. The number of urea groups is 1. The molecule has 0 spiro atoms. The topological polar surface area (TPSA) is 82.1 Å². The Morgan fingerprint density at radius 1 is 1.21 bits per heavy atom. The zero-order chi connectivity index (χ0) is 17.5. The van der Waals surface area contributed by atoms with E-state index in [1.807, 2.05) is 18.7 Å². The number of aliphatic carboxylic acids is 1. The van der Waals surface area contributed by atoms with E-state index < -0.39 is 5.97 Å². The normalized spacial score (nSPS) is 25.7. The van der Waals surface area contributed by atoms with Gasteiger partial charge in [-0.15, -0.1) is 0 Å². The Kier molecular flexibility index (Phi) is 7.30. The molecule has 24 heavy (non-hydrogen) atoms. The van der Waals surface area contributed by atoms with Gasteiger partial charge in [0, 0.05) is 38.6 Å². The number of piperidine rings is 1. The molecule has 0 radical (unpaired) electrons. The van der Waals surface area contributed by atoms with Crippen LogP contribution in [-0.2, 0) is 9.53 Å². The second-order valence-corrected chi connectivity index (χ2v) is 7.20. The van der Waals surface area contributed by atoms with Crippen molar-refractivity contribution in [1.82, 2.24) is 15.1 Å². The minimum atomic E-state index is -0.739. The minimum Gasteiger partial charge on any atom is -0.481 e. The molecule has 2 N–H and O–H groups in total. The van der Waals surface area contributed by atoms with E-state index in [0.717, 1.165) is 45.7 Å². The molecule has 2 atom stereocenters. The first kappa shape index (κ1) is 19.0. The Labute approximate surface area is 144 Å². The van der Waals surface area contributed by atoms with Gasteiger partial charge in [0.1, 0.15) is 0 Å². The molecule has 2 aliphatic heterocycles. The number of hydrogen-bond acceptors (Lipinski definition) is 4. The summed E-state index contributed by atoms with van der Waals surface area (Å²) in [4.78, 5) is 27.6.